The summed E-state index contributed by atoms with van der Waals surface area (Å²) in [5.41, 5.74) is 1.63. The Balaban J connectivity index is 1.49. The molecule has 0 bridgehead atoms. The molecule has 1 aliphatic carbocycles. The summed E-state index contributed by atoms with van der Waals surface area (Å²) in [5.74, 6) is 0.138. The largest absolute Gasteiger partial charge is 0.341 e. The fourth-order valence-electron chi connectivity index (χ4n) is 4.80. The van der Waals surface area contributed by atoms with E-state index in [0.717, 1.165) is 51.1 Å². The normalized spacial score (nSPS) is 25.3. The lowest BCUT2D eigenvalue weighted by Crippen LogP contribution is -2.54. The van der Waals surface area contributed by atoms with Gasteiger partial charge in [-0.1, -0.05) is 18.2 Å². The van der Waals surface area contributed by atoms with Gasteiger partial charge in [0.15, 0.2) is 0 Å². The van der Waals surface area contributed by atoms with Crippen molar-refractivity contribution in [3.05, 3.63) is 47.8 Å². The molecule has 2 atom stereocenters. The second-order valence-electron chi connectivity index (χ2n) is 9.07. The van der Waals surface area contributed by atoms with Crippen LogP contribution >= 0.6 is 0 Å². The maximum atomic E-state index is 13.8. The van der Waals surface area contributed by atoms with E-state index in [-0.39, 0.29) is 35.4 Å². The van der Waals surface area contributed by atoms with Crippen molar-refractivity contribution < 1.29 is 14.0 Å². The van der Waals surface area contributed by atoms with Gasteiger partial charge in [0.2, 0.25) is 11.8 Å². The van der Waals surface area contributed by atoms with E-state index in [4.69, 9.17) is 0 Å². The van der Waals surface area contributed by atoms with Gasteiger partial charge in [0.05, 0.1) is 5.92 Å². The minimum absolute atomic E-state index is 0.0664. The topological polar surface area (TPSA) is 43.9 Å². The van der Waals surface area contributed by atoms with E-state index in [9.17, 15) is 14.0 Å². The molecular formula is C24H32FN3O2. The molecule has 1 aromatic carbocycles. The zero-order chi connectivity index (χ0) is 21.3. The fourth-order valence-corrected chi connectivity index (χ4v) is 4.80. The van der Waals surface area contributed by atoms with Gasteiger partial charge in [-0.15, -0.1) is 6.58 Å². The Labute approximate surface area is 178 Å². The summed E-state index contributed by atoms with van der Waals surface area (Å²) in [7, 11) is 0. The Bertz CT molecular complexity index is 815. The highest BCUT2D eigenvalue weighted by Gasteiger charge is 2.41. The lowest BCUT2D eigenvalue weighted by Gasteiger charge is -2.41. The Morgan fingerprint density at radius 3 is 2.40 bits per heavy atom. The molecule has 4 rings (SSSR count). The van der Waals surface area contributed by atoms with Crippen molar-refractivity contribution in [3.63, 3.8) is 0 Å². The van der Waals surface area contributed by atoms with Crippen molar-refractivity contribution >= 4 is 11.8 Å². The summed E-state index contributed by atoms with van der Waals surface area (Å²) in [6.07, 6.45) is 4.53. The second-order valence-corrected chi connectivity index (χ2v) is 9.07. The summed E-state index contributed by atoms with van der Waals surface area (Å²) < 4.78 is 13.8. The van der Waals surface area contributed by atoms with Crippen LogP contribution in [0.4, 0.5) is 4.39 Å². The number of piperazine rings is 1. The molecule has 5 nitrogen and oxygen atoms in total. The van der Waals surface area contributed by atoms with Crippen LogP contribution in [0.2, 0.25) is 0 Å². The number of piperidine rings is 1. The first-order valence-corrected chi connectivity index (χ1v) is 11.1. The van der Waals surface area contributed by atoms with Gasteiger partial charge in [0.1, 0.15) is 5.82 Å². The number of carbonyl (C=O) groups excluding carboxylic acids is 2. The fraction of sp³-hybridized carbons (Fsp3) is 0.583. The highest BCUT2D eigenvalue weighted by Crippen LogP contribution is 2.37. The zero-order valence-electron chi connectivity index (χ0n) is 17.9. The Morgan fingerprint density at radius 2 is 1.77 bits per heavy atom. The second kappa shape index (κ2) is 8.88. The lowest BCUT2D eigenvalue weighted by atomic mass is 9.83. The van der Waals surface area contributed by atoms with Gasteiger partial charge in [-0.2, -0.15) is 0 Å². The van der Waals surface area contributed by atoms with Crippen molar-refractivity contribution in [2.75, 3.05) is 45.8 Å². The Morgan fingerprint density at radius 1 is 1.07 bits per heavy atom. The summed E-state index contributed by atoms with van der Waals surface area (Å²) in [5, 5.41) is 0. The summed E-state index contributed by atoms with van der Waals surface area (Å²) in [6.45, 7) is 10.7. The highest BCUT2D eigenvalue weighted by molar-refractivity contribution is 5.84. The van der Waals surface area contributed by atoms with Crippen LogP contribution in [-0.2, 0) is 9.59 Å². The molecule has 2 aliphatic heterocycles. The zero-order valence-corrected chi connectivity index (χ0v) is 17.9. The van der Waals surface area contributed by atoms with E-state index >= 15 is 0 Å². The summed E-state index contributed by atoms with van der Waals surface area (Å²) >= 11 is 0. The minimum Gasteiger partial charge on any atom is -0.341 e. The molecule has 3 aliphatic rings. The van der Waals surface area contributed by atoms with Gasteiger partial charge in [-0.25, -0.2) is 4.39 Å². The number of halogens is 1. The third-order valence-electron chi connectivity index (χ3n) is 6.76. The predicted molar refractivity (Wildman–Crippen MR) is 115 cm³/mol. The van der Waals surface area contributed by atoms with E-state index in [2.05, 4.69) is 11.5 Å². The molecule has 2 amide bonds. The number of amides is 2. The van der Waals surface area contributed by atoms with E-state index in [1.54, 1.807) is 6.92 Å². The van der Waals surface area contributed by atoms with Crippen LogP contribution in [0.25, 0.3) is 0 Å². The minimum atomic E-state index is -0.217. The van der Waals surface area contributed by atoms with Crippen LogP contribution in [-0.4, -0.2) is 72.3 Å². The number of carbonyl (C=O) groups is 2. The van der Waals surface area contributed by atoms with Gasteiger partial charge in [0.25, 0.3) is 0 Å². The van der Waals surface area contributed by atoms with Gasteiger partial charge in [-0.05, 0) is 43.4 Å². The van der Waals surface area contributed by atoms with Crippen molar-refractivity contribution in [1.29, 1.82) is 0 Å². The average molecular weight is 414 g/mol. The molecule has 0 radical (unpaired) electrons. The monoisotopic (exact) mass is 413 g/mol. The first-order chi connectivity index (χ1) is 14.5. The smallest absolute Gasteiger partial charge is 0.227 e. The van der Waals surface area contributed by atoms with Crippen LogP contribution in [0.15, 0.2) is 30.9 Å². The Kier molecular flexibility index (Phi) is 6.23. The van der Waals surface area contributed by atoms with E-state index in [1.165, 1.54) is 6.07 Å². The summed E-state index contributed by atoms with van der Waals surface area (Å²) in [4.78, 5) is 32.4. The Hall–Kier alpha value is -2.21. The molecule has 6 heteroatoms. The number of nitrogens with zero attached hydrogens (tertiary/aromatic N) is 3. The molecule has 162 valence electrons. The van der Waals surface area contributed by atoms with E-state index < -0.39 is 0 Å². The predicted octanol–water partition coefficient (Wildman–Crippen LogP) is 2.81. The van der Waals surface area contributed by atoms with Crippen molar-refractivity contribution in [1.82, 2.24) is 14.7 Å². The number of likely N-dealkylation sites (tertiary alicyclic amines) is 1. The molecule has 2 heterocycles. The third kappa shape index (κ3) is 4.59. The maximum absolute atomic E-state index is 13.8. The number of aryl methyl sites for hydroxylation is 1. The van der Waals surface area contributed by atoms with E-state index in [0.29, 0.717) is 25.1 Å². The quantitative estimate of drug-likeness (QED) is 0.698. The standard InChI is InChI=1S/C24H32FN3O2/c1-3-8-26-9-11-27(12-10-26)24(30)21-14-20(19-6-7-22(25)17(2)13-19)15-28(16-21)23(29)18-4-5-18/h3,6-7,13,18,20-21H,1,4-5,8-12,14-16H2,2H3. The first kappa shape index (κ1) is 21.0. The number of hydrogen-bond acceptors (Lipinski definition) is 3. The van der Waals surface area contributed by atoms with Crippen LogP contribution in [0.3, 0.4) is 0 Å². The molecule has 30 heavy (non-hydrogen) atoms. The van der Waals surface area contributed by atoms with Crippen LogP contribution in [0.5, 0.6) is 0 Å². The average Bonchev–Trinajstić information content (AvgIpc) is 3.60. The molecule has 1 aromatic rings. The van der Waals surface area contributed by atoms with Gasteiger partial charge in [-0.3, -0.25) is 14.5 Å². The summed E-state index contributed by atoms with van der Waals surface area (Å²) in [6, 6.07) is 5.19. The van der Waals surface area contributed by atoms with Crippen molar-refractivity contribution in [2.24, 2.45) is 11.8 Å². The van der Waals surface area contributed by atoms with E-state index in [1.807, 2.05) is 28.0 Å². The number of hydrogen-bond donors (Lipinski definition) is 0. The van der Waals surface area contributed by atoms with Crippen molar-refractivity contribution in [3.8, 4) is 0 Å². The third-order valence-corrected chi connectivity index (χ3v) is 6.76. The molecule has 2 unspecified atom stereocenters. The number of benzene rings is 1. The van der Waals surface area contributed by atoms with Crippen LogP contribution in [0, 0.1) is 24.6 Å². The molecule has 0 aromatic heterocycles. The molecule has 3 fully saturated rings. The molecular weight excluding hydrogens is 381 g/mol. The maximum Gasteiger partial charge on any atom is 0.227 e. The van der Waals surface area contributed by atoms with Gasteiger partial charge >= 0.3 is 0 Å². The molecule has 2 saturated heterocycles. The molecule has 0 N–H and O–H groups in total. The van der Waals surface area contributed by atoms with Gasteiger partial charge < -0.3 is 9.80 Å². The van der Waals surface area contributed by atoms with Gasteiger partial charge in [0, 0.05) is 57.6 Å². The lowest BCUT2D eigenvalue weighted by molar-refractivity contribution is -0.143. The molecule has 1 saturated carbocycles. The number of rotatable bonds is 5. The van der Waals surface area contributed by atoms with Crippen molar-refractivity contribution in [2.45, 2.75) is 32.1 Å². The first-order valence-electron chi connectivity index (χ1n) is 11.1. The van der Waals surface area contributed by atoms with Crippen LogP contribution < -0.4 is 0 Å². The van der Waals surface area contributed by atoms with Crippen LogP contribution in [0.1, 0.15) is 36.3 Å². The highest BCUT2D eigenvalue weighted by atomic mass is 19.1. The SMILES string of the molecule is C=CCN1CCN(C(=O)C2CC(c3ccc(F)c(C)c3)CN(C(=O)C3CC3)C2)CC1. The molecule has 0 spiro atoms.